The summed E-state index contributed by atoms with van der Waals surface area (Å²) in [5.41, 5.74) is 7.26. The second-order valence-corrected chi connectivity index (χ2v) is 4.57. The first kappa shape index (κ1) is 13.2. The van der Waals surface area contributed by atoms with Crippen LogP contribution >= 0.6 is 0 Å². The van der Waals surface area contributed by atoms with Gasteiger partial charge >= 0.3 is 0 Å². The minimum atomic E-state index is 0.203. The molecule has 0 atom stereocenters. The van der Waals surface area contributed by atoms with E-state index in [0.29, 0.717) is 18.1 Å². The van der Waals surface area contributed by atoms with Crippen LogP contribution in [0, 0.1) is 6.92 Å². The van der Waals surface area contributed by atoms with Gasteiger partial charge in [0.2, 0.25) is 5.95 Å². The van der Waals surface area contributed by atoms with Gasteiger partial charge in [-0.15, -0.1) is 0 Å². The predicted octanol–water partition coefficient (Wildman–Crippen LogP) is 2.13. The van der Waals surface area contributed by atoms with Crippen molar-refractivity contribution in [1.29, 1.82) is 0 Å². The van der Waals surface area contributed by atoms with Crippen molar-refractivity contribution in [3.05, 3.63) is 35.7 Å². The molecule has 21 heavy (non-hydrogen) atoms. The first-order chi connectivity index (χ1) is 10.2. The molecule has 0 aliphatic carbocycles. The smallest absolute Gasteiger partial charge is 0.222 e. The number of nitrogens with two attached hydrogens (primary N) is 1. The molecule has 3 aromatic rings. The SMILES string of the molecule is COc1cccc2nc(N)nc(NCc3cc(C)on3)c12. The topological polar surface area (TPSA) is 99.1 Å². The maximum absolute atomic E-state index is 5.75. The molecule has 3 N–H and O–H groups in total. The molecule has 0 saturated heterocycles. The molecule has 7 nitrogen and oxygen atoms in total. The average Bonchev–Trinajstić information content (AvgIpc) is 2.89. The number of nitrogens with one attached hydrogen (secondary N) is 1. The Morgan fingerprint density at radius 1 is 1.33 bits per heavy atom. The largest absolute Gasteiger partial charge is 0.496 e. The Morgan fingerprint density at radius 2 is 2.19 bits per heavy atom. The normalized spacial score (nSPS) is 10.8. The van der Waals surface area contributed by atoms with Gasteiger partial charge in [-0.25, -0.2) is 4.98 Å². The lowest BCUT2D eigenvalue weighted by molar-refractivity contribution is 0.391. The van der Waals surface area contributed by atoms with Gasteiger partial charge in [-0.3, -0.25) is 0 Å². The van der Waals surface area contributed by atoms with Gasteiger partial charge in [-0.05, 0) is 19.1 Å². The Morgan fingerprint density at radius 3 is 2.90 bits per heavy atom. The number of hydrogen-bond donors (Lipinski definition) is 2. The first-order valence-electron chi connectivity index (χ1n) is 6.43. The third-order valence-electron chi connectivity index (χ3n) is 3.04. The fourth-order valence-electron chi connectivity index (χ4n) is 2.14. The summed E-state index contributed by atoms with van der Waals surface area (Å²) < 4.78 is 10.4. The number of nitrogens with zero attached hydrogens (tertiary/aromatic N) is 3. The maximum atomic E-state index is 5.75. The van der Waals surface area contributed by atoms with Crippen molar-refractivity contribution >= 4 is 22.7 Å². The lowest BCUT2D eigenvalue weighted by atomic mass is 10.2. The van der Waals surface area contributed by atoms with Gasteiger partial charge in [0.1, 0.15) is 23.0 Å². The van der Waals surface area contributed by atoms with Crippen LogP contribution in [0.2, 0.25) is 0 Å². The molecule has 2 aromatic heterocycles. The number of ether oxygens (including phenoxy) is 1. The van der Waals surface area contributed by atoms with E-state index in [9.17, 15) is 0 Å². The molecule has 0 amide bonds. The molecule has 0 saturated carbocycles. The van der Waals surface area contributed by atoms with Crippen molar-refractivity contribution in [1.82, 2.24) is 15.1 Å². The summed E-state index contributed by atoms with van der Waals surface area (Å²) >= 11 is 0. The molecule has 0 radical (unpaired) electrons. The van der Waals surface area contributed by atoms with E-state index in [0.717, 1.165) is 22.4 Å². The summed E-state index contributed by atoms with van der Waals surface area (Å²) in [6, 6.07) is 7.43. The summed E-state index contributed by atoms with van der Waals surface area (Å²) in [6.45, 7) is 2.32. The van der Waals surface area contributed by atoms with E-state index in [1.807, 2.05) is 31.2 Å². The Hall–Kier alpha value is -2.83. The van der Waals surface area contributed by atoms with E-state index in [-0.39, 0.29) is 5.95 Å². The number of anilines is 2. The number of rotatable bonds is 4. The molecule has 3 rings (SSSR count). The highest BCUT2D eigenvalue weighted by Crippen LogP contribution is 2.30. The highest BCUT2D eigenvalue weighted by atomic mass is 16.5. The number of nitrogen functional groups attached to an aromatic ring is 1. The van der Waals surface area contributed by atoms with Crippen molar-refractivity contribution in [3.63, 3.8) is 0 Å². The van der Waals surface area contributed by atoms with Crippen LogP contribution in [0.5, 0.6) is 5.75 Å². The fraction of sp³-hybridized carbons (Fsp3) is 0.214. The number of benzene rings is 1. The Bertz CT molecular complexity index is 784. The second kappa shape index (κ2) is 5.28. The van der Waals surface area contributed by atoms with Crippen LogP contribution in [0.3, 0.4) is 0 Å². The number of aromatic nitrogens is 3. The van der Waals surface area contributed by atoms with Crippen LogP contribution in [0.4, 0.5) is 11.8 Å². The quantitative estimate of drug-likeness (QED) is 0.757. The zero-order valence-corrected chi connectivity index (χ0v) is 11.8. The second-order valence-electron chi connectivity index (χ2n) is 4.57. The predicted molar refractivity (Wildman–Crippen MR) is 79.1 cm³/mol. The zero-order valence-electron chi connectivity index (χ0n) is 11.8. The van der Waals surface area contributed by atoms with Crippen molar-refractivity contribution in [3.8, 4) is 5.75 Å². The molecule has 108 valence electrons. The molecule has 0 unspecified atom stereocenters. The minimum Gasteiger partial charge on any atom is -0.496 e. The van der Waals surface area contributed by atoms with Gasteiger partial charge in [0.25, 0.3) is 0 Å². The van der Waals surface area contributed by atoms with Gasteiger partial charge in [0, 0.05) is 6.07 Å². The molecule has 0 spiro atoms. The Kier molecular flexibility index (Phi) is 3.31. The first-order valence-corrected chi connectivity index (χ1v) is 6.43. The molecule has 0 bridgehead atoms. The van der Waals surface area contributed by atoms with E-state index in [1.165, 1.54) is 0 Å². The van der Waals surface area contributed by atoms with Gasteiger partial charge in [-0.1, -0.05) is 11.2 Å². The van der Waals surface area contributed by atoms with E-state index in [1.54, 1.807) is 7.11 Å². The van der Waals surface area contributed by atoms with E-state index in [4.69, 9.17) is 15.0 Å². The highest BCUT2D eigenvalue weighted by Gasteiger charge is 2.11. The van der Waals surface area contributed by atoms with Crippen molar-refractivity contribution < 1.29 is 9.26 Å². The summed E-state index contributed by atoms with van der Waals surface area (Å²) in [5.74, 6) is 2.26. The van der Waals surface area contributed by atoms with Gasteiger partial charge < -0.3 is 20.3 Å². The number of hydrogen-bond acceptors (Lipinski definition) is 7. The van der Waals surface area contributed by atoms with Crippen molar-refractivity contribution in [2.45, 2.75) is 13.5 Å². The highest BCUT2D eigenvalue weighted by molar-refractivity contribution is 5.95. The van der Waals surface area contributed by atoms with E-state index in [2.05, 4.69) is 20.4 Å². The van der Waals surface area contributed by atoms with Crippen LogP contribution in [-0.2, 0) is 6.54 Å². The van der Waals surface area contributed by atoms with Crippen LogP contribution in [0.15, 0.2) is 28.8 Å². The summed E-state index contributed by atoms with van der Waals surface area (Å²) in [5, 5.41) is 7.92. The van der Waals surface area contributed by atoms with Gasteiger partial charge in [0.15, 0.2) is 0 Å². The lowest BCUT2D eigenvalue weighted by Gasteiger charge is -2.11. The molecule has 1 aromatic carbocycles. The van der Waals surface area contributed by atoms with E-state index >= 15 is 0 Å². The summed E-state index contributed by atoms with van der Waals surface area (Å²) in [6.07, 6.45) is 0. The van der Waals surface area contributed by atoms with Crippen LogP contribution < -0.4 is 15.8 Å². The maximum Gasteiger partial charge on any atom is 0.222 e. The standard InChI is InChI=1S/C14H15N5O2/c1-8-6-9(19-21-8)7-16-13-12-10(17-14(15)18-13)4-3-5-11(12)20-2/h3-6H,7H2,1-2H3,(H3,15,16,17,18). The number of aryl methyl sites for hydroxylation is 1. The van der Waals surface area contributed by atoms with E-state index < -0.39 is 0 Å². The van der Waals surface area contributed by atoms with Gasteiger partial charge in [0.05, 0.1) is 24.6 Å². The molecule has 0 fully saturated rings. The van der Waals surface area contributed by atoms with Crippen molar-refractivity contribution in [2.24, 2.45) is 0 Å². The van der Waals surface area contributed by atoms with Crippen LogP contribution in [0.25, 0.3) is 10.9 Å². The van der Waals surface area contributed by atoms with Gasteiger partial charge in [-0.2, -0.15) is 4.98 Å². The lowest BCUT2D eigenvalue weighted by Crippen LogP contribution is -2.06. The third kappa shape index (κ3) is 2.58. The number of fused-ring (bicyclic) bond motifs is 1. The van der Waals surface area contributed by atoms with Crippen LogP contribution in [0.1, 0.15) is 11.5 Å². The average molecular weight is 285 g/mol. The summed E-state index contributed by atoms with van der Waals surface area (Å²) in [4.78, 5) is 8.47. The fourth-order valence-corrected chi connectivity index (χ4v) is 2.14. The molecular formula is C14H15N5O2. The minimum absolute atomic E-state index is 0.203. The number of methoxy groups -OCH3 is 1. The van der Waals surface area contributed by atoms with Crippen molar-refractivity contribution in [2.75, 3.05) is 18.2 Å². The molecule has 7 heteroatoms. The summed E-state index contributed by atoms with van der Waals surface area (Å²) in [7, 11) is 1.61. The third-order valence-corrected chi connectivity index (χ3v) is 3.04. The molecule has 2 heterocycles. The monoisotopic (exact) mass is 285 g/mol. The van der Waals surface area contributed by atoms with Crippen LogP contribution in [-0.4, -0.2) is 22.2 Å². The molecular weight excluding hydrogens is 270 g/mol. The Balaban J connectivity index is 2.00. The molecule has 0 aliphatic heterocycles. The molecule has 0 aliphatic rings. The zero-order chi connectivity index (χ0) is 14.8. The Labute approximate surface area is 121 Å².